The summed E-state index contributed by atoms with van der Waals surface area (Å²) in [6, 6.07) is 4.80. The Morgan fingerprint density at radius 2 is 2.24 bits per heavy atom. The van der Waals surface area contributed by atoms with Gasteiger partial charge in [0.1, 0.15) is 12.4 Å². The van der Waals surface area contributed by atoms with E-state index in [0.717, 1.165) is 31.3 Å². The largest absolute Gasteiger partial charge is 0.490 e. The monoisotopic (exact) mass is 461 g/mol. The van der Waals surface area contributed by atoms with Crippen LogP contribution in [-0.4, -0.2) is 60.7 Å². The molecule has 0 bridgehead atoms. The van der Waals surface area contributed by atoms with Gasteiger partial charge in [-0.15, -0.1) is 24.0 Å². The molecule has 0 radical (unpaired) electrons. The van der Waals surface area contributed by atoms with Gasteiger partial charge < -0.3 is 15.4 Å². The molecule has 0 amide bonds. The zero-order valence-electron chi connectivity index (χ0n) is 15.7. The molecule has 1 fully saturated rings. The first-order chi connectivity index (χ1) is 11.6. The molecule has 2 N–H and O–H groups in total. The lowest BCUT2D eigenvalue weighted by Gasteiger charge is -2.22. The molecule has 6 nitrogen and oxygen atoms in total. The van der Waals surface area contributed by atoms with Crippen LogP contribution in [0.2, 0.25) is 0 Å². The second-order valence-corrected chi connectivity index (χ2v) is 6.57. The van der Waals surface area contributed by atoms with E-state index in [1.165, 1.54) is 0 Å². The van der Waals surface area contributed by atoms with Crippen molar-refractivity contribution in [2.75, 3.05) is 32.8 Å². The minimum absolute atomic E-state index is 0. The predicted octanol–water partition coefficient (Wildman–Crippen LogP) is 2.36. The Kier molecular flexibility index (Phi) is 10.1. The molecule has 2 unspecified atom stereocenters. The number of guanidine groups is 1. The van der Waals surface area contributed by atoms with Crippen LogP contribution >= 0.6 is 24.0 Å². The molecule has 0 saturated carbocycles. The average molecular weight is 461 g/mol. The van der Waals surface area contributed by atoms with Crippen molar-refractivity contribution in [2.24, 2.45) is 10.9 Å². The molecule has 1 aromatic rings. The van der Waals surface area contributed by atoms with Crippen LogP contribution in [0.25, 0.3) is 0 Å². The van der Waals surface area contributed by atoms with Crippen molar-refractivity contribution >= 4 is 29.9 Å². The summed E-state index contributed by atoms with van der Waals surface area (Å²) in [6.45, 7) is 13.1. The molecule has 2 atom stereocenters. The molecule has 0 spiro atoms. The van der Waals surface area contributed by atoms with Gasteiger partial charge in [-0.25, -0.2) is 4.99 Å². The highest BCUT2D eigenvalue weighted by molar-refractivity contribution is 14.0. The van der Waals surface area contributed by atoms with Crippen LogP contribution in [-0.2, 0) is 0 Å². The molecule has 2 heterocycles. The quantitative estimate of drug-likeness (QED) is 0.283. The fourth-order valence-corrected chi connectivity index (χ4v) is 2.86. The lowest BCUT2D eigenvalue weighted by Crippen LogP contribution is -2.47. The minimum atomic E-state index is 0. The first kappa shape index (κ1) is 22.0. The van der Waals surface area contributed by atoms with Gasteiger partial charge in [-0.2, -0.15) is 0 Å². The smallest absolute Gasteiger partial charge is 0.191 e. The van der Waals surface area contributed by atoms with Crippen molar-refractivity contribution in [3.8, 4) is 5.75 Å². The second-order valence-electron chi connectivity index (χ2n) is 6.57. The molecule has 1 aromatic heterocycles. The predicted molar refractivity (Wildman–Crippen MR) is 114 cm³/mol. The van der Waals surface area contributed by atoms with E-state index in [2.05, 4.69) is 53.2 Å². The van der Waals surface area contributed by atoms with Gasteiger partial charge in [-0.3, -0.25) is 9.88 Å². The van der Waals surface area contributed by atoms with Crippen molar-refractivity contribution < 1.29 is 4.74 Å². The highest BCUT2D eigenvalue weighted by atomic mass is 127. The lowest BCUT2D eigenvalue weighted by molar-refractivity contribution is 0.265. The molecule has 142 valence electrons. The molecular formula is C18H32IN5O. The summed E-state index contributed by atoms with van der Waals surface area (Å²) in [7, 11) is 0. The van der Waals surface area contributed by atoms with Crippen molar-refractivity contribution in [3.63, 3.8) is 0 Å². The van der Waals surface area contributed by atoms with Gasteiger partial charge in [0.15, 0.2) is 5.96 Å². The molecule has 7 heteroatoms. The van der Waals surface area contributed by atoms with Crippen LogP contribution in [0, 0.1) is 5.92 Å². The van der Waals surface area contributed by atoms with Gasteiger partial charge in [-0.1, -0.05) is 6.92 Å². The average Bonchev–Trinajstić information content (AvgIpc) is 2.94. The van der Waals surface area contributed by atoms with E-state index < -0.39 is 0 Å². The number of aliphatic imine (C=N–C) groups is 1. The van der Waals surface area contributed by atoms with Crippen LogP contribution in [0.4, 0.5) is 0 Å². The maximum absolute atomic E-state index is 5.64. The summed E-state index contributed by atoms with van der Waals surface area (Å²) < 4.78 is 5.64. The maximum atomic E-state index is 5.64. The molecule has 25 heavy (non-hydrogen) atoms. The summed E-state index contributed by atoms with van der Waals surface area (Å²) in [6.07, 6.45) is 3.45. The molecule has 0 aliphatic carbocycles. The van der Waals surface area contributed by atoms with E-state index in [9.17, 15) is 0 Å². The first-order valence-electron chi connectivity index (χ1n) is 8.91. The zero-order valence-corrected chi connectivity index (χ0v) is 18.1. The standard InChI is InChI=1S/C18H31N5O.HI/c1-5-20-18(21-9-10-24-16-7-6-8-19-11-16)22-17-13-23(14(2)3)12-15(17)4;/h6-8,11,14-15,17H,5,9-10,12-13H2,1-4H3,(H2,20,21,22);1H. The van der Waals surface area contributed by atoms with Crippen molar-refractivity contribution in [1.82, 2.24) is 20.5 Å². The van der Waals surface area contributed by atoms with E-state index in [0.29, 0.717) is 31.2 Å². The van der Waals surface area contributed by atoms with Crippen LogP contribution < -0.4 is 15.4 Å². The number of hydrogen-bond acceptors (Lipinski definition) is 4. The summed E-state index contributed by atoms with van der Waals surface area (Å²) >= 11 is 0. The number of ether oxygens (including phenoxy) is 1. The van der Waals surface area contributed by atoms with Gasteiger partial charge in [0, 0.05) is 37.9 Å². The van der Waals surface area contributed by atoms with Gasteiger partial charge in [0.2, 0.25) is 0 Å². The summed E-state index contributed by atoms with van der Waals surface area (Å²) in [5.74, 6) is 2.26. The molecule has 1 aliphatic rings. The number of aromatic nitrogens is 1. The van der Waals surface area contributed by atoms with E-state index in [1.807, 2.05) is 12.1 Å². The normalized spacial score (nSPS) is 21.1. The van der Waals surface area contributed by atoms with E-state index >= 15 is 0 Å². The SMILES string of the molecule is CCNC(=NCCOc1cccnc1)NC1CN(C(C)C)CC1C.I. The van der Waals surface area contributed by atoms with Crippen LogP contribution in [0.15, 0.2) is 29.5 Å². The van der Waals surface area contributed by atoms with Gasteiger partial charge in [0.05, 0.1) is 12.7 Å². The van der Waals surface area contributed by atoms with E-state index in [1.54, 1.807) is 12.4 Å². The van der Waals surface area contributed by atoms with Crippen LogP contribution in [0.3, 0.4) is 0 Å². The third-order valence-electron chi connectivity index (χ3n) is 4.30. The number of pyridine rings is 1. The molecule has 0 aromatic carbocycles. The number of halogens is 1. The number of likely N-dealkylation sites (tertiary alicyclic amines) is 1. The Bertz CT molecular complexity index is 511. The summed E-state index contributed by atoms with van der Waals surface area (Å²) in [4.78, 5) is 11.2. The summed E-state index contributed by atoms with van der Waals surface area (Å²) in [5, 5.41) is 6.90. The highest BCUT2D eigenvalue weighted by Crippen LogP contribution is 2.18. The number of nitrogens with one attached hydrogen (secondary N) is 2. The second kappa shape index (κ2) is 11.5. The minimum Gasteiger partial charge on any atom is -0.490 e. The topological polar surface area (TPSA) is 61.8 Å². The van der Waals surface area contributed by atoms with E-state index in [4.69, 9.17) is 4.74 Å². The third-order valence-corrected chi connectivity index (χ3v) is 4.30. The van der Waals surface area contributed by atoms with E-state index in [-0.39, 0.29) is 24.0 Å². The number of hydrogen-bond donors (Lipinski definition) is 2. The third kappa shape index (κ3) is 7.35. The Hall–Kier alpha value is -1.09. The molecule has 1 saturated heterocycles. The highest BCUT2D eigenvalue weighted by Gasteiger charge is 2.31. The Morgan fingerprint density at radius 1 is 1.44 bits per heavy atom. The fourth-order valence-electron chi connectivity index (χ4n) is 2.86. The van der Waals surface area contributed by atoms with Crippen LogP contribution in [0.5, 0.6) is 5.75 Å². The lowest BCUT2D eigenvalue weighted by atomic mass is 10.1. The Morgan fingerprint density at radius 3 is 2.84 bits per heavy atom. The number of rotatable bonds is 7. The Balaban J connectivity index is 0.00000312. The molecule has 1 aliphatic heterocycles. The van der Waals surface area contributed by atoms with Gasteiger partial charge >= 0.3 is 0 Å². The fraction of sp³-hybridized carbons (Fsp3) is 0.667. The van der Waals surface area contributed by atoms with Crippen molar-refractivity contribution in [1.29, 1.82) is 0 Å². The van der Waals surface area contributed by atoms with Crippen LogP contribution in [0.1, 0.15) is 27.7 Å². The first-order valence-corrected chi connectivity index (χ1v) is 8.91. The molecule has 2 rings (SSSR count). The van der Waals surface area contributed by atoms with Gasteiger partial charge in [0.25, 0.3) is 0 Å². The Labute approximate surface area is 168 Å². The van der Waals surface area contributed by atoms with Crippen molar-refractivity contribution in [2.45, 2.75) is 39.8 Å². The zero-order chi connectivity index (χ0) is 17.4. The number of nitrogens with zero attached hydrogens (tertiary/aromatic N) is 3. The maximum Gasteiger partial charge on any atom is 0.191 e. The van der Waals surface area contributed by atoms with Crippen molar-refractivity contribution in [3.05, 3.63) is 24.5 Å². The van der Waals surface area contributed by atoms with Gasteiger partial charge in [-0.05, 0) is 38.8 Å². The summed E-state index contributed by atoms with van der Waals surface area (Å²) in [5.41, 5.74) is 0. The molecular weight excluding hydrogens is 429 g/mol.